The average molecular weight is 194 g/mol. The largest absolute Gasteiger partial charge is 0.397 e. The van der Waals surface area contributed by atoms with Crippen molar-refractivity contribution in [3.63, 3.8) is 0 Å². The highest BCUT2D eigenvalue weighted by Crippen LogP contribution is 2.32. The molecule has 1 heterocycles. The molecule has 0 amide bonds. The molecule has 1 fully saturated rings. The lowest BCUT2D eigenvalue weighted by Gasteiger charge is -2.41. The molecular weight excluding hydrogens is 179 g/mol. The van der Waals surface area contributed by atoms with Gasteiger partial charge in [-0.05, 0) is 24.5 Å². The van der Waals surface area contributed by atoms with Crippen molar-refractivity contribution in [3.8, 4) is 0 Å². The second kappa shape index (κ2) is 3.48. The Morgan fingerprint density at radius 2 is 2.21 bits per heavy atom. The van der Waals surface area contributed by atoms with Crippen molar-refractivity contribution < 1.29 is 4.39 Å². The standard InChI is InChI=1S/C11H15FN2/c1-2-8-6-14(7-8)11-9(12)4-3-5-10(11)13/h3-5,8H,2,6-7,13H2,1H3. The molecule has 2 rings (SSSR count). The average Bonchev–Trinajstić information content (AvgIpc) is 2.08. The minimum atomic E-state index is -0.209. The molecule has 76 valence electrons. The number of anilines is 2. The molecule has 0 bridgehead atoms. The van der Waals surface area contributed by atoms with Crippen molar-refractivity contribution in [3.05, 3.63) is 24.0 Å². The molecule has 3 heteroatoms. The first-order valence-corrected chi connectivity index (χ1v) is 5.01. The normalized spacial score (nSPS) is 16.9. The number of benzene rings is 1. The second-order valence-corrected chi connectivity index (χ2v) is 3.86. The number of hydrogen-bond donors (Lipinski definition) is 1. The Hall–Kier alpha value is -1.25. The van der Waals surface area contributed by atoms with Gasteiger partial charge in [-0.15, -0.1) is 0 Å². The van der Waals surface area contributed by atoms with Crippen molar-refractivity contribution in [2.24, 2.45) is 5.92 Å². The van der Waals surface area contributed by atoms with Gasteiger partial charge in [-0.2, -0.15) is 0 Å². The van der Waals surface area contributed by atoms with Gasteiger partial charge in [-0.1, -0.05) is 13.0 Å². The molecule has 0 atom stereocenters. The van der Waals surface area contributed by atoms with E-state index in [1.54, 1.807) is 12.1 Å². The van der Waals surface area contributed by atoms with Crippen molar-refractivity contribution in [2.45, 2.75) is 13.3 Å². The van der Waals surface area contributed by atoms with Gasteiger partial charge in [0.05, 0.1) is 11.4 Å². The summed E-state index contributed by atoms with van der Waals surface area (Å²) in [5, 5.41) is 0. The van der Waals surface area contributed by atoms with E-state index in [1.165, 1.54) is 6.07 Å². The Bertz CT molecular complexity index is 312. The molecule has 1 saturated heterocycles. The maximum absolute atomic E-state index is 13.4. The molecule has 0 saturated carbocycles. The highest BCUT2D eigenvalue weighted by molar-refractivity contribution is 5.69. The predicted octanol–water partition coefficient (Wildman–Crippen LogP) is 2.25. The molecule has 0 aliphatic carbocycles. The van der Waals surface area contributed by atoms with Crippen LogP contribution in [0.4, 0.5) is 15.8 Å². The van der Waals surface area contributed by atoms with Crippen LogP contribution in [0.1, 0.15) is 13.3 Å². The third kappa shape index (κ3) is 1.43. The van der Waals surface area contributed by atoms with E-state index in [-0.39, 0.29) is 5.82 Å². The van der Waals surface area contributed by atoms with Gasteiger partial charge in [0.25, 0.3) is 0 Å². The molecule has 0 radical (unpaired) electrons. The molecule has 1 aromatic carbocycles. The monoisotopic (exact) mass is 194 g/mol. The number of nitrogen functional groups attached to an aromatic ring is 1. The van der Waals surface area contributed by atoms with E-state index in [0.29, 0.717) is 17.3 Å². The fourth-order valence-corrected chi connectivity index (χ4v) is 1.88. The van der Waals surface area contributed by atoms with Crippen LogP contribution in [-0.2, 0) is 0 Å². The van der Waals surface area contributed by atoms with Crippen LogP contribution in [0.3, 0.4) is 0 Å². The first kappa shape index (κ1) is 9.31. The molecular formula is C11H15FN2. The van der Waals surface area contributed by atoms with Gasteiger partial charge in [0.1, 0.15) is 5.82 Å². The lowest BCUT2D eigenvalue weighted by Crippen LogP contribution is -2.47. The molecule has 1 aliphatic rings. The van der Waals surface area contributed by atoms with Crippen molar-refractivity contribution >= 4 is 11.4 Å². The van der Waals surface area contributed by atoms with E-state index in [2.05, 4.69) is 6.92 Å². The molecule has 14 heavy (non-hydrogen) atoms. The fourth-order valence-electron chi connectivity index (χ4n) is 1.88. The molecule has 2 N–H and O–H groups in total. The maximum atomic E-state index is 13.4. The summed E-state index contributed by atoms with van der Waals surface area (Å²) in [6.45, 7) is 4.02. The third-order valence-corrected chi connectivity index (χ3v) is 2.87. The van der Waals surface area contributed by atoms with E-state index in [4.69, 9.17) is 5.73 Å². The van der Waals surface area contributed by atoms with Crippen LogP contribution in [0.2, 0.25) is 0 Å². The summed E-state index contributed by atoms with van der Waals surface area (Å²) in [6.07, 6.45) is 1.16. The van der Waals surface area contributed by atoms with E-state index in [9.17, 15) is 4.39 Å². The van der Waals surface area contributed by atoms with Crippen LogP contribution in [-0.4, -0.2) is 13.1 Å². The van der Waals surface area contributed by atoms with Gasteiger partial charge in [-0.3, -0.25) is 0 Å². The summed E-state index contributed by atoms with van der Waals surface area (Å²) in [5.74, 6) is 0.494. The van der Waals surface area contributed by atoms with Gasteiger partial charge in [0.2, 0.25) is 0 Å². The highest BCUT2D eigenvalue weighted by atomic mass is 19.1. The number of nitrogens with zero attached hydrogens (tertiary/aromatic N) is 1. The van der Waals surface area contributed by atoms with Crippen LogP contribution >= 0.6 is 0 Å². The SMILES string of the molecule is CCC1CN(c2c(N)cccc2F)C1. The van der Waals surface area contributed by atoms with Crippen LogP contribution in [0.5, 0.6) is 0 Å². The smallest absolute Gasteiger partial charge is 0.148 e. The number of halogens is 1. The number of nitrogens with two attached hydrogens (primary N) is 1. The summed E-state index contributed by atoms with van der Waals surface area (Å²) < 4.78 is 13.4. The van der Waals surface area contributed by atoms with Crippen LogP contribution in [0, 0.1) is 11.7 Å². The predicted molar refractivity (Wildman–Crippen MR) is 56.8 cm³/mol. The zero-order valence-electron chi connectivity index (χ0n) is 8.33. The Kier molecular flexibility index (Phi) is 2.32. The Labute approximate surface area is 83.5 Å². The lowest BCUT2D eigenvalue weighted by atomic mass is 9.96. The lowest BCUT2D eigenvalue weighted by molar-refractivity contribution is 0.394. The van der Waals surface area contributed by atoms with E-state index < -0.39 is 0 Å². The van der Waals surface area contributed by atoms with Gasteiger partial charge in [-0.25, -0.2) is 4.39 Å². The summed E-state index contributed by atoms with van der Waals surface area (Å²) in [4.78, 5) is 2.01. The van der Waals surface area contributed by atoms with E-state index in [1.807, 2.05) is 4.90 Å². The van der Waals surface area contributed by atoms with Crippen LogP contribution < -0.4 is 10.6 Å². The maximum Gasteiger partial charge on any atom is 0.148 e. The Balaban J connectivity index is 2.18. The minimum absolute atomic E-state index is 0.209. The van der Waals surface area contributed by atoms with Crippen LogP contribution in [0.15, 0.2) is 18.2 Å². The topological polar surface area (TPSA) is 29.3 Å². The molecule has 1 aliphatic heterocycles. The fraction of sp³-hybridized carbons (Fsp3) is 0.455. The summed E-state index contributed by atoms with van der Waals surface area (Å²) in [6, 6.07) is 4.86. The highest BCUT2D eigenvalue weighted by Gasteiger charge is 2.28. The number of para-hydroxylation sites is 1. The first-order valence-electron chi connectivity index (χ1n) is 5.01. The van der Waals surface area contributed by atoms with Crippen LogP contribution in [0.25, 0.3) is 0 Å². The van der Waals surface area contributed by atoms with Crippen molar-refractivity contribution in [1.82, 2.24) is 0 Å². The van der Waals surface area contributed by atoms with E-state index >= 15 is 0 Å². The summed E-state index contributed by atoms with van der Waals surface area (Å²) in [7, 11) is 0. The number of hydrogen-bond acceptors (Lipinski definition) is 2. The first-order chi connectivity index (χ1) is 6.72. The second-order valence-electron chi connectivity index (χ2n) is 3.86. The number of rotatable bonds is 2. The molecule has 1 aromatic rings. The van der Waals surface area contributed by atoms with Crippen molar-refractivity contribution in [2.75, 3.05) is 23.7 Å². The molecule has 0 spiro atoms. The zero-order valence-corrected chi connectivity index (χ0v) is 8.33. The Morgan fingerprint density at radius 3 is 2.79 bits per heavy atom. The Morgan fingerprint density at radius 1 is 1.50 bits per heavy atom. The zero-order chi connectivity index (χ0) is 10.1. The minimum Gasteiger partial charge on any atom is -0.397 e. The van der Waals surface area contributed by atoms with Gasteiger partial charge in [0.15, 0.2) is 0 Å². The van der Waals surface area contributed by atoms with Crippen molar-refractivity contribution in [1.29, 1.82) is 0 Å². The summed E-state index contributed by atoms with van der Waals surface area (Å²) in [5.41, 5.74) is 6.86. The van der Waals surface area contributed by atoms with Gasteiger partial charge < -0.3 is 10.6 Å². The quantitative estimate of drug-likeness (QED) is 0.732. The molecule has 0 unspecified atom stereocenters. The summed E-state index contributed by atoms with van der Waals surface area (Å²) >= 11 is 0. The third-order valence-electron chi connectivity index (χ3n) is 2.87. The molecule has 0 aromatic heterocycles. The molecule has 2 nitrogen and oxygen atoms in total. The van der Waals surface area contributed by atoms with Gasteiger partial charge in [0, 0.05) is 13.1 Å². The van der Waals surface area contributed by atoms with Gasteiger partial charge >= 0.3 is 0 Å². The van der Waals surface area contributed by atoms with E-state index in [0.717, 1.165) is 19.5 Å².